The SMILES string of the molecule is CN(C)C(CCC(C)(C)N)c1cc(F)ccc1F. The third kappa shape index (κ3) is 4.35. The van der Waals surface area contributed by atoms with Crippen molar-refractivity contribution in [1.82, 2.24) is 4.90 Å². The minimum absolute atomic E-state index is 0.163. The summed E-state index contributed by atoms with van der Waals surface area (Å²) >= 11 is 0. The van der Waals surface area contributed by atoms with E-state index in [1.54, 1.807) is 0 Å². The van der Waals surface area contributed by atoms with Gasteiger partial charge in [-0.25, -0.2) is 8.78 Å². The van der Waals surface area contributed by atoms with E-state index in [0.717, 1.165) is 12.5 Å². The third-order valence-corrected chi connectivity index (χ3v) is 3.00. The van der Waals surface area contributed by atoms with Gasteiger partial charge in [0.2, 0.25) is 0 Å². The first-order valence-corrected chi connectivity index (χ1v) is 6.11. The van der Waals surface area contributed by atoms with Crippen molar-refractivity contribution in [3.63, 3.8) is 0 Å². The van der Waals surface area contributed by atoms with Gasteiger partial charge in [0.15, 0.2) is 0 Å². The Hall–Kier alpha value is -1.00. The number of rotatable bonds is 5. The van der Waals surface area contributed by atoms with Gasteiger partial charge in [-0.15, -0.1) is 0 Å². The Kier molecular flexibility index (Phi) is 4.82. The van der Waals surface area contributed by atoms with Crippen LogP contribution in [-0.2, 0) is 0 Å². The largest absolute Gasteiger partial charge is 0.326 e. The smallest absolute Gasteiger partial charge is 0.128 e. The van der Waals surface area contributed by atoms with E-state index in [9.17, 15) is 8.78 Å². The van der Waals surface area contributed by atoms with Gasteiger partial charge in [0.05, 0.1) is 0 Å². The van der Waals surface area contributed by atoms with Crippen molar-refractivity contribution in [2.24, 2.45) is 5.73 Å². The molecule has 1 atom stereocenters. The first kappa shape index (κ1) is 15.1. The van der Waals surface area contributed by atoms with Gasteiger partial charge in [0.1, 0.15) is 11.6 Å². The Labute approximate surface area is 108 Å². The maximum atomic E-state index is 13.8. The lowest BCUT2D eigenvalue weighted by Gasteiger charge is -2.28. The molecular weight excluding hydrogens is 234 g/mol. The van der Waals surface area contributed by atoms with Gasteiger partial charge in [-0.3, -0.25) is 0 Å². The van der Waals surface area contributed by atoms with E-state index in [2.05, 4.69) is 0 Å². The van der Waals surface area contributed by atoms with Gasteiger partial charge < -0.3 is 10.6 Å². The number of halogens is 2. The Morgan fingerprint density at radius 2 is 1.89 bits per heavy atom. The second kappa shape index (κ2) is 5.76. The molecule has 0 aromatic heterocycles. The molecule has 0 spiro atoms. The third-order valence-electron chi connectivity index (χ3n) is 3.00. The molecule has 0 bridgehead atoms. The highest BCUT2D eigenvalue weighted by Gasteiger charge is 2.21. The highest BCUT2D eigenvalue weighted by molar-refractivity contribution is 5.22. The minimum atomic E-state index is -0.412. The maximum Gasteiger partial charge on any atom is 0.128 e. The summed E-state index contributed by atoms with van der Waals surface area (Å²) < 4.78 is 27.0. The van der Waals surface area contributed by atoms with E-state index in [1.165, 1.54) is 12.1 Å². The average molecular weight is 256 g/mol. The molecule has 0 aliphatic heterocycles. The fraction of sp³-hybridized carbons (Fsp3) is 0.571. The Morgan fingerprint density at radius 1 is 1.28 bits per heavy atom. The van der Waals surface area contributed by atoms with Crippen LogP contribution in [-0.4, -0.2) is 24.5 Å². The van der Waals surface area contributed by atoms with Gasteiger partial charge in [-0.05, 0) is 59.0 Å². The molecule has 0 aliphatic rings. The lowest BCUT2D eigenvalue weighted by atomic mass is 9.92. The second-order valence-corrected chi connectivity index (χ2v) is 5.67. The average Bonchev–Trinajstić information content (AvgIpc) is 2.21. The van der Waals surface area contributed by atoms with E-state index < -0.39 is 5.82 Å². The van der Waals surface area contributed by atoms with Crippen molar-refractivity contribution in [2.45, 2.75) is 38.3 Å². The molecule has 2 nitrogen and oxygen atoms in total. The molecule has 1 rings (SSSR count). The van der Waals surface area contributed by atoms with Crippen molar-refractivity contribution < 1.29 is 8.78 Å². The molecule has 1 aromatic rings. The van der Waals surface area contributed by atoms with Crippen LogP contribution in [0, 0.1) is 11.6 Å². The molecule has 0 amide bonds. The van der Waals surface area contributed by atoms with Crippen molar-refractivity contribution in [3.05, 3.63) is 35.4 Å². The molecular formula is C14H22F2N2. The van der Waals surface area contributed by atoms with Crippen LogP contribution in [0.3, 0.4) is 0 Å². The van der Waals surface area contributed by atoms with E-state index in [1.807, 2.05) is 32.8 Å². The van der Waals surface area contributed by atoms with Gasteiger partial charge >= 0.3 is 0 Å². The second-order valence-electron chi connectivity index (χ2n) is 5.67. The van der Waals surface area contributed by atoms with Gasteiger partial charge in [-0.1, -0.05) is 0 Å². The summed E-state index contributed by atoms with van der Waals surface area (Å²) in [4.78, 5) is 1.89. The van der Waals surface area contributed by atoms with E-state index in [4.69, 9.17) is 5.73 Å². The van der Waals surface area contributed by atoms with Gasteiger partial charge in [0, 0.05) is 17.1 Å². The molecule has 0 fully saturated rings. The minimum Gasteiger partial charge on any atom is -0.326 e. The number of hydrogen-bond acceptors (Lipinski definition) is 2. The Balaban J connectivity index is 2.94. The van der Waals surface area contributed by atoms with E-state index in [0.29, 0.717) is 12.0 Å². The zero-order valence-electron chi connectivity index (χ0n) is 11.5. The highest BCUT2D eigenvalue weighted by Crippen LogP contribution is 2.28. The highest BCUT2D eigenvalue weighted by atomic mass is 19.1. The Bertz CT molecular complexity index is 397. The van der Waals surface area contributed by atoms with Gasteiger partial charge in [0.25, 0.3) is 0 Å². The first-order chi connectivity index (χ1) is 8.20. The summed E-state index contributed by atoms with van der Waals surface area (Å²) in [6.07, 6.45) is 1.43. The Morgan fingerprint density at radius 3 is 2.39 bits per heavy atom. The zero-order chi connectivity index (χ0) is 13.9. The van der Waals surface area contributed by atoms with Crippen LogP contribution < -0.4 is 5.73 Å². The maximum absolute atomic E-state index is 13.8. The quantitative estimate of drug-likeness (QED) is 0.877. The molecule has 1 unspecified atom stereocenters. The van der Waals surface area contributed by atoms with Crippen molar-refractivity contribution in [3.8, 4) is 0 Å². The molecule has 0 aliphatic carbocycles. The van der Waals surface area contributed by atoms with Crippen LogP contribution in [0.1, 0.15) is 38.3 Å². The molecule has 18 heavy (non-hydrogen) atoms. The van der Waals surface area contributed by atoms with Crippen LogP contribution in [0.2, 0.25) is 0 Å². The number of nitrogens with zero attached hydrogens (tertiary/aromatic N) is 1. The van der Waals surface area contributed by atoms with Crippen LogP contribution in [0.4, 0.5) is 8.78 Å². The summed E-state index contributed by atoms with van der Waals surface area (Å²) in [6.45, 7) is 3.86. The summed E-state index contributed by atoms with van der Waals surface area (Å²) in [5.41, 5.74) is 6.03. The molecule has 0 saturated carbocycles. The fourth-order valence-corrected chi connectivity index (χ4v) is 1.97. The number of benzene rings is 1. The number of nitrogens with two attached hydrogens (primary N) is 1. The predicted molar refractivity (Wildman–Crippen MR) is 70.3 cm³/mol. The van der Waals surface area contributed by atoms with Crippen LogP contribution in [0.15, 0.2) is 18.2 Å². The molecule has 1 aromatic carbocycles. The predicted octanol–water partition coefficient (Wildman–Crippen LogP) is 3.09. The summed E-state index contributed by atoms with van der Waals surface area (Å²) in [5.74, 6) is -0.782. The monoisotopic (exact) mass is 256 g/mol. The van der Waals surface area contributed by atoms with Crippen molar-refractivity contribution >= 4 is 0 Å². The summed E-state index contributed by atoms with van der Waals surface area (Å²) in [6, 6.07) is 3.42. The fourth-order valence-electron chi connectivity index (χ4n) is 1.97. The van der Waals surface area contributed by atoms with Crippen LogP contribution in [0.5, 0.6) is 0 Å². The zero-order valence-corrected chi connectivity index (χ0v) is 11.5. The molecule has 0 heterocycles. The normalized spacial score (nSPS) is 14.0. The topological polar surface area (TPSA) is 29.3 Å². The molecule has 102 valence electrons. The molecule has 0 saturated heterocycles. The van der Waals surface area contributed by atoms with Gasteiger partial charge in [-0.2, -0.15) is 0 Å². The lowest BCUT2D eigenvalue weighted by Crippen LogP contribution is -2.33. The first-order valence-electron chi connectivity index (χ1n) is 6.11. The molecule has 2 N–H and O–H groups in total. The lowest BCUT2D eigenvalue weighted by molar-refractivity contribution is 0.255. The molecule has 4 heteroatoms. The van der Waals surface area contributed by atoms with E-state index in [-0.39, 0.29) is 17.4 Å². The summed E-state index contributed by atoms with van der Waals surface area (Å²) in [5, 5.41) is 0. The number of hydrogen-bond donors (Lipinski definition) is 1. The van der Waals surface area contributed by atoms with Crippen molar-refractivity contribution in [1.29, 1.82) is 0 Å². The van der Waals surface area contributed by atoms with Crippen LogP contribution in [0.25, 0.3) is 0 Å². The summed E-state index contributed by atoms with van der Waals surface area (Å²) in [7, 11) is 3.72. The standard InChI is InChI=1S/C14H22F2N2/c1-14(2,17)8-7-13(18(3)4)11-9-10(15)5-6-12(11)16/h5-6,9,13H,7-8,17H2,1-4H3. The van der Waals surface area contributed by atoms with Crippen LogP contribution >= 0.6 is 0 Å². The van der Waals surface area contributed by atoms with Crippen molar-refractivity contribution in [2.75, 3.05) is 14.1 Å². The molecule has 0 radical (unpaired) electrons. The van der Waals surface area contributed by atoms with E-state index >= 15 is 0 Å².